The van der Waals surface area contributed by atoms with Gasteiger partial charge in [0, 0.05) is 45.3 Å². The minimum absolute atomic E-state index is 0. The lowest BCUT2D eigenvalue weighted by atomic mass is 9.90. The first-order chi connectivity index (χ1) is 11.6. The predicted molar refractivity (Wildman–Crippen MR) is 101 cm³/mol. The normalized spacial score (nSPS) is 28.5. The summed E-state index contributed by atoms with van der Waals surface area (Å²) in [5.74, 6) is 0.616. The van der Waals surface area contributed by atoms with Crippen molar-refractivity contribution in [2.75, 3.05) is 39.3 Å². The summed E-state index contributed by atoms with van der Waals surface area (Å²) in [6.45, 7) is 6.79. The zero-order valence-corrected chi connectivity index (χ0v) is 16.2. The van der Waals surface area contributed by atoms with Crippen molar-refractivity contribution in [2.45, 2.75) is 51.5 Å². The Morgan fingerprint density at radius 2 is 1.48 bits per heavy atom. The highest BCUT2D eigenvalue weighted by atomic mass is 35.5. The lowest BCUT2D eigenvalue weighted by molar-refractivity contribution is -0.139. The van der Waals surface area contributed by atoms with Crippen LogP contribution in [0, 0.1) is 11.8 Å². The van der Waals surface area contributed by atoms with E-state index in [1.807, 2.05) is 21.6 Å². The number of amides is 3. The number of hydrogen-bond acceptors (Lipinski definition) is 3. The zero-order valence-electron chi connectivity index (χ0n) is 15.4. The fourth-order valence-corrected chi connectivity index (χ4v) is 4.36. The van der Waals surface area contributed by atoms with E-state index in [-0.39, 0.29) is 36.3 Å². The molecule has 0 aromatic carbocycles. The van der Waals surface area contributed by atoms with Crippen LogP contribution in [0.15, 0.2) is 0 Å². The molecule has 3 aliphatic rings. The molecule has 144 valence electrons. The molecule has 3 fully saturated rings. The van der Waals surface area contributed by atoms with E-state index in [1.54, 1.807) is 0 Å². The number of carbonyl (C=O) groups is 2. The highest BCUT2D eigenvalue weighted by Crippen LogP contribution is 2.25. The van der Waals surface area contributed by atoms with Gasteiger partial charge in [-0.15, -0.1) is 12.4 Å². The van der Waals surface area contributed by atoms with Gasteiger partial charge in [-0.2, -0.15) is 0 Å². The maximum Gasteiger partial charge on any atom is 0.320 e. The smallest absolute Gasteiger partial charge is 0.320 e. The predicted octanol–water partition coefficient (Wildman–Crippen LogP) is 1.92. The summed E-state index contributed by atoms with van der Waals surface area (Å²) >= 11 is 0. The van der Waals surface area contributed by atoms with E-state index in [4.69, 9.17) is 5.73 Å². The van der Waals surface area contributed by atoms with Gasteiger partial charge in [0.1, 0.15) is 0 Å². The Labute approximate surface area is 157 Å². The molecule has 0 bridgehead atoms. The third-order valence-corrected chi connectivity index (χ3v) is 5.93. The Balaban J connectivity index is 0.00000225. The molecule has 0 saturated carbocycles. The Hall–Kier alpha value is -1.01. The van der Waals surface area contributed by atoms with Crippen molar-refractivity contribution >= 4 is 24.3 Å². The van der Waals surface area contributed by atoms with Gasteiger partial charge < -0.3 is 20.4 Å². The van der Waals surface area contributed by atoms with Crippen LogP contribution >= 0.6 is 12.4 Å². The number of piperidine rings is 2. The average Bonchev–Trinajstić information content (AvgIpc) is 3.15. The summed E-state index contributed by atoms with van der Waals surface area (Å²) in [5.41, 5.74) is 6.04. The molecule has 0 aromatic heterocycles. The molecule has 3 heterocycles. The van der Waals surface area contributed by atoms with E-state index < -0.39 is 0 Å². The molecule has 2 N–H and O–H groups in total. The van der Waals surface area contributed by atoms with E-state index >= 15 is 0 Å². The highest BCUT2D eigenvalue weighted by molar-refractivity contribution is 5.85. The molecule has 3 atom stereocenters. The third-order valence-electron chi connectivity index (χ3n) is 5.93. The molecule has 6 nitrogen and oxygen atoms in total. The van der Waals surface area contributed by atoms with Crippen molar-refractivity contribution in [1.29, 1.82) is 0 Å². The van der Waals surface area contributed by atoms with Crippen LogP contribution in [0.2, 0.25) is 0 Å². The second-order valence-corrected chi connectivity index (χ2v) is 7.81. The lowest BCUT2D eigenvalue weighted by Crippen LogP contribution is -2.52. The average molecular weight is 373 g/mol. The maximum absolute atomic E-state index is 12.9. The lowest BCUT2D eigenvalue weighted by Gasteiger charge is -2.39. The van der Waals surface area contributed by atoms with Gasteiger partial charge in [0.15, 0.2) is 0 Å². The van der Waals surface area contributed by atoms with Gasteiger partial charge in [0.25, 0.3) is 0 Å². The van der Waals surface area contributed by atoms with Gasteiger partial charge in [0.2, 0.25) is 5.91 Å². The second kappa shape index (κ2) is 9.08. The van der Waals surface area contributed by atoms with Gasteiger partial charge in [0.05, 0.1) is 5.92 Å². The van der Waals surface area contributed by atoms with E-state index in [1.165, 1.54) is 0 Å². The molecule has 0 aromatic rings. The van der Waals surface area contributed by atoms with Crippen molar-refractivity contribution in [3.8, 4) is 0 Å². The molecular formula is C18H33ClN4O2. The van der Waals surface area contributed by atoms with Crippen molar-refractivity contribution < 1.29 is 9.59 Å². The minimum Gasteiger partial charge on any atom is -0.342 e. The van der Waals surface area contributed by atoms with Gasteiger partial charge in [-0.05, 0) is 51.4 Å². The summed E-state index contributed by atoms with van der Waals surface area (Å²) in [5, 5.41) is 0. The Bertz CT molecular complexity index is 468. The van der Waals surface area contributed by atoms with Crippen LogP contribution in [0.4, 0.5) is 4.79 Å². The Morgan fingerprint density at radius 3 is 2.16 bits per heavy atom. The van der Waals surface area contributed by atoms with Crippen LogP contribution in [0.3, 0.4) is 0 Å². The fraction of sp³-hybridized carbons (Fsp3) is 0.889. The number of carbonyl (C=O) groups excluding carboxylic acids is 2. The molecule has 3 rings (SSSR count). The van der Waals surface area contributed by atoms with E-state index in [2.05, 4.69) is 0 Å². The van der Waals surface area contributed by atoms with E-state index in [0.717, 1.165) is 71.2 Å². The molecule has 7 heteroatoms. The number of hydrogen-bond donors (Lipinski definition) is 1. The Morgan fingerprint density at radius 1 is 0.880 bits per heavy atom. The monoisotopic (exact) mass is 372 g/mol. The molecule has 3 amide bonds. The summed E-state index contributed by atoms with van der Waals surface area (Å²) in [4.78, 5) is 31.4. The van der Waals surface area contributed by atoms with Crippen LogP contribution in [0.5, 0.6) is 0 Å². The summed E-state index contributed by atoms with van der Waals surface area (Å²) in [7, 11) is 0. The second-order valence-electron chi connectivity index (χ2n) is 7.81. The maximum atomic E-state index is 12.9. The van der Waals surface area contributed by atoms with Crippen molar-refractivity contribution in [3.05, 3.63) is 0 Å². The Kier molecular flexibility index (Phi) is 7.37. The van der Waals surface area contributed by atoms with Crippen molar-refractivity contribution in [2.24, 2.45) is 17.6 Å². The zero-order chi connectivity index (χ0) is 17.1. The minimum atomic E-state index is -0.0304. The third kappa shape index (κ3) is 4.79. The number of nitrogens with zero attached hydrogens (tertiary/aromatic N) is 3. The van der Waals surface area contributed by atoms with Crippen LogP contribution in [0.1, 0.15) is 45.4 Å². The molecule has 3 aliphatic heterocycles. The van der Waals surface area contributed by atoms with Crippen molar-refractivity contribution in [1.82, 2.24) is 14.7 Å². The van der Waals surface area contributed by atoms with E-state index in [9.17, 15) is 9.59 Å². The number of halogens is 1. The SMILES string of the molecule is CC(N)C1CCCN(C(=O)C2CCCN(C(=O)N3CCCC3)C2)C1.Cl. The summed E-state index contributed by atoms with van der Waals surface area (Å²) < 4.78 is 0. The molecular weight excluding hydrogens is 340 g/mol. The molecule has 3 saturated heterocycles. The standard InChI is InChI=1S/C18H32N4O2.ClH/c1-14(19)15-6-4-10-21(12-15)17(23)16-7-5-11-22(13-16)18(24)20-8-2-3-9-20;/h14-16H,2-13,19H2,1H3;1H. The molecule has 3 unspecified atom stereocenters. The quantitative estimate of drug-likeness (QED) is 0.805. The molecule has 25 heavy (non-hydrogen) atoms. The van der Waals surface area contributed by atoms with Crippen LogP contribution in [-0.2, 0) is 4.79 Å². The van der Waals surface area contributed by atoms with Gasteiger partial charge in [-0.3, -0.25) is 4.79 Å². The van der Waals surface area contributed by atoms with E-state index in [0.29, 0.717) is 12.5 Å². The van der Waals surface area contributed by atoms with Crippen LogP contribution in [0.25, 0.3) is 0 Å². The first-order valence-corrected chi connectivity index (χ1v) is 9.64. The highest BCUT2D eigenvalue weighted by Gasteiger charge is 2.35. The molecule has 0 radical (unpaired) electrons. The summed E-state index contributed by atoms with van der Waals surface area (Å²) in [6, 6.07) is 0.275. The number of nitrogens with two attached hydrogens (primary N) is 1. The molecule has 0 aliphatic carbocycles. The van der Waals surface area contributed by atoms with Crippen LogP contribution < -0.4 is 5.73 Å². The first kappa shape index (κ1) is 20.3. The fourth-order valence-electron chi connectivity index (χ4n) is 4.36. The largest absolute Gasteiger partial charge is 0.342 e. The first-order valence-electron chi connectivity index (χ1n) is 9.64. The topological polar surface area (TPSA) is 69.9 Å². The van der Waals surface area contributed by atoms with Gasteiger partial charge in [-0.25, -0.2) is 4.79 Å². The van der Waals surface area contributed by atoms with Crippen LogP contribution in [-0.4, -0.2) is 71.9 Å². The van der Waals surface area contributed by atoms with Gasteiger partial charge >= 0.3 is 6.03 Å². The van der Waals surface area contributed by atoms with Crippen molar-refractivity contribution in [3.63, 3.8) is 0 Å². The number of rotatable bonds is 2. The molecule has 0 spiro atoms. The van der Waals surface area contributed by atoms with Gasteiger partial charge in [-0.1, -0.05) is 0 Å². The summed E-state index contributed by atoms with van der Waals surface area (Å²) in [6.07, 6.45) is 6.21. The number of likely N-dealkylation sites (tertiary alicyclic amines) is 3. The number of urea groups is 1.